The summed E-state index contributed by atoms with van der Waals surface area (Å²) >= 11 is 0. The van der Waals surface area contributed by atoms with Crippen LogP contribution in [-0.2, 0) is 11.2 Å². The fourth-order valence-corrected chi connectivity index (χ4v) is 2.86. The molecule has 0 aliphatic carbocycles. The minimum absolute atomic E-state index is 0.281. The minimum atomic E-state index is 0.281. The lowest BCUT2D eigenvalue weighted by Crippen LogP contribution is -2.53. The van der Waals surface area contributed by atoms with Gasteiger partial charge in [-0.3, -0.25) is 9.88 Å². The number of hydrogen-bond acceptors (Lipinski definition) is 4. The Balaban J connectivity index is 1.96. The molecule has 1 N–H and O–H groups in total. The Morgan fingerprint density at radius 2 is 2.20 bits per heavy atom. The van der Waals surface area contributed by atoms with Gasteiger partial charge >= 0.3 is 0 Å². The lowest BCUT2D eigenvalue weighted by atomic mass is 10.0. The van der Waals surface area contributed by atoms with Crippen molar-refractivity contribution in [3.8, 4) is 0 Å². The maximum Gasteiger partial charge on any atom is 0.0858 e. The fraction of sp³-hybridized carbons (Fsp3) is 0.688. The van der Waals surface area contributed by atoms with Crippen LogP contribution in [-0.4, -0.2) is 54.8 Å². The highest BCUT2D eigenvalue weighted by Gasteiger charge is 2.27. The summed E-state index contributed by atoms with van der Waals surface area (Å²) in [6, 6.07) is 4.57. The van der Waals surface area contributed by atoms with Crippen molar-refractivity contribution in [1.82, 2.24) is 15.2 Å². The van der Waals surface area contributed by atoms with Crippen molar-refractivity contribution in [2.24, 2.45) is 0 Å². The molecule has 2 heterocycles. The molecule has 2 atom stereocenters. The Morgan fingerprint density at radius 3 is 2.90 bits per heavy atom. The zero-order valence-electron chi connectivity index (χ0n) is 12.7. The van der Waals surface area contributed by atoms with Gasteiger partial charge in [-0.05, 0) is 43.6 Å². The summed E-state index contributed by atoms with van der Waals surface area (Å²) < 4.78 is 6.02. The standard InChI is InChI=1S/C16H27N3O/c1-3-9-19-10-11-20-16(13-19)15(18-4-2)12-14-5-7-17-8-6-14/h5-8,15-16,18H,3-4,9-13H2,1-2H3. The van der Waals surface area contributed by atoms with Crippen molar-refractivity contribution in [3.63, 3.8) is 0 Å². The SMILES string of the molecule is CCCN1CCOC(C(Cc2ccncc2)NCC)C1. The van der Waals surface area contributed by atoms with Crippen LogP contribution in [0.5, 0.6) is 0 Å². The van der Waals surface area contributed by atoms with Crippen LogP contribution in [0.4, 0.5) is 0 Å². The molecular weight excluding hydrogens is 250 g/mol. The van der Waals surface area contributed by atoms with Gasteiger partial charge in [0.25, 0.3) is 0 Å². The number of morpholine rings is 1. The third-order valence-corrected chi connectivity index (χ3v) is 3.84. The van der Waals surface area contributed by atoms with Crippen molar-refractivity contribution in [2.45, 2.75) is 38.8 Å². The smallest absolute Gasteiger partial charge is 0.0858 e. The predicted octanol–water partition coefficient (Wildman–Crippen LogP) is 1.71. The number of nitrogens with one attached hydrogen (secondary N) is 1. The van der Waals surface area contributed by atoms with Gasteiger partial charge in [0.05, 0.1) is 12.7 Å². The maximum atomic E-state index is 6.02. The Kier molecular flexibility index (Phi) is 6.43. The number of likely N-dealkylation sites (N-methyl/N-ethyl adjacent to an activating group) is 1. The van der Waals surface area contributed by atoms with Crippen LogP contribution in [0.15, 0.2) is 24.5 Å². The van der Waals surface area contributed by atoms with Crippen LogP contribution in [0, 0.1) is 0 Å². The van der Waals surface area contributed by atoms with E-state index in [1.54, 1.807) is 0 Å². The third kappa shape index (κ3) is 4.54. The molecule has 1 aliphatic rings. The van der Waals surface area contributed by atoms with Gasteiger partial charge in [-0.1, -0.05) is 13.8 Å². The van der Waals surface area contributed by atoms with Crippen molar-refractivity contribution < 1.29 is 4.74 Å². The number of nitrogens with zero attached hydrogens (tertiary/aromatic N) is 2. The van der Waals surface area contributed by atoms with Gasteiger partial charge in [-0.2, -0.15) is 0 Å². The third-order valence-electron chi connectivity index (χ3n) is 3.84. The molecule has 1 fully saturated rings. The van der Waals surface area contributed by atoms with Crippen LogP contribution >= 0.6 is 0 Å². The minimum Gasteiger partial charge on any atom is -0.374 e. The molecule has 2 rings (SSSR count). The Bertz CT molecular complexity index is 369. The molecule has 0 aromatic carbocycles. The second kappa shape index (κ2) is 8.35. The van der Waals surface area contributed by atoms with E-state index in [9.17, 15) is 0 Å². The van der Waals surface area contributed by atoms with Gasteiger partial charge in [0, 0.05) is 31.5 Å². The van der Waals surface area contributed by atoms with E-state index in [0.29, 0.717) is 6.04 Å². The van der Waals surface area contributed by atoms with E-state index in [2.05, 4.69) is 41.2 Å². The molecule has 0 bridgehead atoms. The molecule has 0 amide bonds. The molecule has 4 heteroatoms. The van der Waals surface area contributed by atoms with Gasteiger partial charge in [0.1, 0.15) is 0 Å². The molecule has 20 heavy (non-hydrogen) atoms. The zero-order chi connectivity index (χ0) is 14.2. The van der Waals surface area contributed by atoms with Gasteiger partial charge in [0.2, 0.25) is 0 Å². The highest BCUT2D eigenvalue weighted by molar-refractivity contribution is 5.12. The molecule has 0 saturated carbocycles. The number of rotatable bonds is 7. The average Bonchev–Trinajstić information content (AvgIpc) is 2.49. The maximum absolute atomic E-state index is 6.02. The zero-order valence-corrected chi connectivity index (χ0v) is 12.7. The number of pyridine rings is 1. The van der Waals surface area contributed by atoms with E-state index >= 15 is 0 Å². The number of ether oxygens (including phenoxy) is 1. The van der Waals surface area contributed by atoms with Gasteiger partial charge in [0.15, 0.2) is 0 Å². The molecule has 1 aromatic rings. The number of hydrogen-bond donors (Lipinski definition) is 1. The van der Waals surface area contributed by atoms with Crippen molar-refractivity contribution in [3.05, 3.63) is 30.1 Å². The second-order valence-electron chi connectivity index (χ2n) is 5.43. The van der Waals surface area contributed by atoms with Crippen molar-refractivity contribution in [2.75, 3.05) is 32.8 Å². The topological polar surface area (TPSA) is 37.4 Å². The van der Waals surface area contributed by atoms with E-state index in [0.717, 1.165) is 32.7 Å². The molecule has 0 radical (unpaired) electrons. The summed E-state index contributed by atoms with van der Waals surface area (Å²) in [5.41, 5.74) is 1.32. The quantitative estimate of drug-likeness (QED) is 0.823. The highest BCUT2D eigenvalue weighted by Crippen LogP contribution is 2.13. The normalized spacial score (nSPS) is 21.8. The molecule has 112 valence electrons. The van der Waals surface area contributed by atoms with Crippen LogP contribution in [0.1, 0.15) is 25.8 Å². The highest BCUT2D eigenvalue weighted by atomic mass is 16.5. The van der Waals surface area contributed by atoms with Crippen LogP contribution in [0.25, 0.3) is 0 Å². The molecule has 1 saturated heterocycles. The average molecular weight is 277 g/mol. The predicted molar refractivity (Wildman–Crippen MR) is 81.9 cm³/mol. The lowest BCUT2D eigenvalue weighted by molar-refractivity contribution is -0.0459. The molecule has 1 aromatic heterocycles. The molecule has 1 aliphatic heterocycles. The van der Waals surface area contributed by atoms with E-state index < -0.39 is 0 Å². The summed E-state index contributed by atoms with van der Waals surface area (Å²) in [5.74, 6) is 0. The summed E-state index contributed by atoms with van der Waals surface area (Å²) in [6.07, 6.45) is 6.22. The van der Waals surface area contributed by atoms with E-state index in [1.807, 2.05) is 12.4 Å². The molecule has 0 spiro atoms. The molecule has 2 unspecified atom stereocenters. The van der Waals surface area contributed by atoms with E-state index in [-0.39, 0.29) is 6.10 Å². The second-order valence-corrected chi connectivity index (χ2v) is 5.43. The summed E-state index contributed by atoms with van der Waals surface area (Å²) in [5, 5.41) is 3.59. The Morgan fingerprint density at radius 1 is 1.40 bits per heavy atom. The summed E-state index contributed by atoms with van der Waals surface area (Å²) in [4.78, 5) is 6.61. The van der Waals surface area contributed by atoms with E-state index in [4.69, 9.17) is 4.74 Å². The largest absolute Gasteiger partial charge is 0.374 e. The van der Waals surface area contributed by atoms with Gasteiger partial charge < -0.3 is 10.1 Å². The first-order valence-corrected chi connectivity index (χ1v) is 7.79. The molecular formula is C16H27N3O. The van der Waals surface area contributed by atoms with Crippen molar-refractivity contribution >= 4 is 0 Å². The molecule has 4 nitrogen and oxygen atoms in total. The fourth-order valence-electron chi connectivity index (χ4n) is 2.86. The van der Waals surface area contributed by atoms with Crippen LogP contribution < -0.4 is 5.32 Å². The first-order valence-electron chi connectivity index (χ1n) is 7.79. The van der Waals surface area contributed by atoms with Crippen molar-refractivity contribution in [1.29, 1.82) is 0 Å². The monoisotopic (exact) mass is 277 g/mol. The van der Waals surface area contributed by atoms with Gasteiger partial charge in [-0.15, -0.1) is 0 Å². The number of aromatic nitrogens is 1. The Hall–Kier alpha value is -0.970. The van der Waals surface area contributed by atoms with Crippen LogP contribution in [0.3, 0.4) is 0 Å². The van der Waals surface area contributed by atoms with Gasteiger partial charge in [-0.25, -0.2) is 0 Å². The summed E-state index contributed by atoms with van der Waals surface area (Å²) in [6.45, 7) is 9.50. The lowest BCUT2D eigenvalue weighted by Gasteiger charge is -2.37. The first-order chi connectivity index (χ1) is 9.83. The Labute approximate surface area is 122 Å². The first kappa shape index (κ1) is 15.4. The van der Waals surface area contributed by atoms with E-state index in [1.165, 1.54) is 18.5 Å². The van der Waals surface area contributed by atoms with Crippen LogP contribution in [0.2, 0.25) is 0 Å². The summed E-state index contributed by atoms with van der Waals surface area (Å²) in [7, 11) is 0.